The van der Waals surface area contributed by atoms with Gasteiger partial charge in [-0.05, 0) is 25.3 Å². The fourth-order valence-corrected chi connectivity index (χ4v) is 1.44. The Morgan fingerprint density at radius 1 is 1.69 bits per heavy atom. The molecule has 5 nitrogen and oxygen atoms in total. The molecule has 2 N–H and O–H groups in total. The van der Waals surface area contributed by atoms with Crippen molar-refractivity contribution >= 4 is 5.97 Å². The second-order valence-corrected chi connectivity index (χ2v) is 4.19. The average molecular weight is 225 g/mol. The summed E-state index contributed by atoms with van der Waals surface area (Å²) in [7, 11) is 1.87. The molecule has 1 aromatic rings. The van der Waals surface area contributed by atoms with Crippen LogP contribution in [0.1, 0.15) is 25.8 Å². The zero-order valence-electron chi connectivity index (χ0n) is 10.0. The van der Waals surface area contributed by atoms with Crippen LogP contribution in [0.15, 0.2) is 12.4 Å². The third kappa shape index (κ3) is 3.06. The van der Waals surface area contributed by atoms with Gasteiger partial charge < -0.3 is 10.4 Å². The third-order valence-electron chi connectivity index (χ3n) is 2.87. The maximum Gasteiger partial charge on any atom is 0.323 e. The van der Waals surface area contributed by atoms with Crippen molar-refractivity contribution in [3.63, 3.8) is 0 Å². The first-order valence-corrected chi connectivity index (χ1v) is 5.44. The molecule has 90 valence electrons. The topological polar surface area (TPSA) is 67.2 Å². The number of rotatable bonds is 6. The third-order valence-corrected chi connectivity index (χ3v) is 2.87. The molecule has 0 aromatic carbocycles. The summed E-state index contributed by atoms with van der Waals surface area (Å²) in [4.78, 5) is 11.0. The van der Waals surface area contributed by atoms with E-state index in [0.717, 1.165) is 12.0 Å². The van der Waals surface area contributed by atoms with E-state index in [0.29, 0.717) is 13.0 Å². The molecule has 0 aliphatic carbocycles. The van der Waals surface area contributed by atoms with E-state index < -0.39 is 11.5 Å². The fraction of sp³-hybridized carbons (Fsp3) is 0.636. The molecule has 1 heterocycles. The Kier molecular flexibility index (Phi) is 4.06. The number of aromatic nitrogens is 2. The van der Waals surface area contributed by atoms with E-state index in [1.54, 1.807) is 17.8 Å². The SMILES string of the molecule is CCC(C)(NCCc1cnn(C)c1)C(=O)O. The average Bonchev–Trinajstić information content (AvgIpc) is 2.63. The van der Waals surface area contributed by atoms with Gasteiger partial charge in [0.25, 0.3) is 0 Å². The Morgan fingerprint density at radius 3 is 2.81 bits per heavy atom. The summed E-state index contributed by atoms with van der Waals surface area (Å²) in [6.07, 6.45) is 5.09. The minimum Gasteiger partial charge on any atom is -0.480 e. The summed E-state index contributed by atoms with van der Waals surface area (Å²) in [5.41, 5.74) is 0.279. The first-order valence-electron chi connectivity index (χ1n) is 5.44. The standard InChI is InChI=1S/C11H19N3O2/c1-4-11(2,10(15)16)12-6-5-9-7-13-14(3)8-9/h7-8,12H,4-6H2,1-3H3,(H,15,16). The second kappa shape index (κ2) is 5.12. The molecule has 1 atom stereocenters. The van der Waals surface area contributed by atoms with Crippen molar-refractivity contribution in [1.82, 2.24) is 15.1 Å². The van der Waals surface area contributed by atoms with Crippen LogP contribution in [0.2, 0.25) is 0 Å². The van der Waals surface area contributed by atoms with Gasteiger partial charge in [-0.15, -0.1) is 0 Å². The molecule has 1 rings (SSSR count). The van der Waals surface area contributed by atoms with Gasteiger partial charge in [-0.2, -0.15) is 5.10 Å². The Hall–Kier alpha value is -1.36. The number of carboxylic acid groups (broad SMARTS) is 1. The summed E-state index contributed by atoms with van der Waals surface area (Å²) < 4.78 is 1.74. The molecule has 0 amide bonds. The molecule has 1 aromatic heterocycles. The molecule has 0 saturated carbocycles. The lowest BCUT2D eigenvalue weighted by molar-refractivity contribution is -0.144. The van der Waals surface area contributed by atoms with Crippen LogP contribution >= 0.6 is 0 Å². The molecular weight excluding hydrogens is 206 g/mol. The van der Waals surface area contributed by atoms with Crippen molar-refractivity contribution < 1.29 is 9.90 Å². The van der Waals surface area contributed by atoms with Gasteiger partial charge in [-0.1, -0.05) is 6.92 Å². The molecule has 0 fully saturated rings. The predicted octanol–water partition coefficient (Wildman–Crippen LogP) is 0.805. The van der Waals surface area contributed by atoms with Crippen molar-refractivity contribution in [3.05, 3.63) is 18.0 Å². The molecule has 0 radical (unpaired) electrons. The van der Waals surface area contributed by atoms with E-state index >= 15 is 0 Å². The Morgan fingerprint density at radius 2 is 2.38 bits per heavy atom. The van der Waals surface area contributed by atoms with Crippen molar-refractivity contribution in [2.75, 3.05) is 6.54 Å². The molecule has 5 heteroatoms. The van der Waals surface area contributed by atoms with E-state index in [9.17, 15) is 4.79 Å². The second-order valence-electron chi connectivity index (χ2n) is 4.19. The normalized spacial score (nSPS) is 14.7. The lowest BCUT2D eigenvalue weighted by Gasteiger charge is -2.24. The zero-order chi connectivity index (χ0) is 12.2. The lowest BCUT2D eigenvalue weighted by Crippen LogP contribution is -2.49. The smallest absolute Gasteiger partial charge is 0.323 e. The van der Waals surface area contributed by atoms with Gasteiger partial charge in [0.15, 0.2) is 0 Å². The summed E-state index contributed by atoms with van der Waals surface area (Å²) in [5.74, 6) is -0.804. The van der Waals surface area contributed by atoms with E-state index in [1.807, 2.05) is 20.2 Å². The van der Waals surface area contributed by atoms with Crippen LogP contribution in [-0.2, 0) is 18.3 Å². The number of hydrogen-bond acceptors (Lipinski definition) is 3. The number of carboxylic acids is 1. The lowest BCUT2D eigenvalue weighted by atomic mass is 9.99. The van der Waals surface area contributed by atoms with E-state index in [4.69, 9.17) is 5.11 Å². The number of carbonyl (C=O) groups is 1. The minimum absolute atomic E-state index is 0.565. The van der Waals surface area contributed by atoms with Gasteiger partial charge in [0.1, 0.15) is 5.54 Å². The van der Waals surface area contributed by atoms with Crippen molar-refractivity contribution in [3.8, 4) is 0 Å². The monoisotopic (exact) mass is 225 g/mol. The van der Waals surface area contributed by atoms with Crippen molar-refractivity contribution in [2.24, 2.45) is 7.05 Å². The van der Waals surface area contributed by atoms with Gasteiger partial charge in [-0.3, -0.25) is 9.48 Å². The Balaban J connectivity index is 2.43. The van der Waals surface area contributed by atoms with Crippen LogP contribution in [0.4, 0.5) is 0 Å². The molecule has 0 aliphatic rings. The van der Waals surface area contributed by atoms with Gasteiger partial charge >= 0.3 is 5.97 Å². The first-order chi connectivity index (χ1) is 7.48. The van der Waals surface area contributed by atoms with Crippen LogP contribution in [0.25, 0.3) is 0 Å². The summed E-state index contributed by atoms with van der Waals surface area (Å²) in [5, 5.41) is 16.2. The summed E-state index contributed by atoms with van der Waals surface area (Å²) >= 11 is 0. The molecular formula is C11H19N3O2. The fourth-order valence-electron chi connectivity index (χ4n) is 1.44. The number of nitrogens with zero attached hydrogens (tertiary/aromatic N) is 2. The first kappa shape index (κ1) is 12.7. The van der Waals surface area contributed by atoms with Crippen LogP contribution < -0.4 is 5.32 Å². The molecule has 0 spiro atoms. The van der Waals surface area contributed by atoms with E-state index in [2.05, 4.69) is 10.4 Å². The molecule has 0 aliphatic heterocycles. The predicted molar refractivity (Wildman–Crippen MR) is 61.2 cm³/mol. The van der Waals surface area contributed by atoms with Crippen molar-refractivity contribution in [1.29, 1.82) is 0 Å². The van der Waals surface area contributed by atoms with E-state index in [1.165, 1.54) is 0 Å². The van der Waals surface area contributed by atoms with Crippen LogP contribution in [0, 0.1) is 0 Å². The Labute approximate surface area is 95.5 Å². The molecule has 1 unspecified atom stereocenters. The Bertz CT molecular complexity index is 362. The van der Waals surface area contributed by atoms with E-state index in [-0.39, 0.29) is 0 Å². The molecule has 0 saturated heterocycles. The highest BCUT2D eigenvalue weighted by Crippen LogP contribution is 2.09. The van der Waals surface area contributed by atoms with Gasteiger partial charge in [0.05, 0.1) is 6.20 Å². The van der Waals surface area contributed by atoms with Gasteiger partial charge in [-0.25, -0.2) is 0 Å². The van der Waals surface area contributed by atoms with Gasteiger partial charge in [0.2, 0.25) is 0 Å². The number of hydrogen-bond donors (Lipinski definition) is 2. The van der Waals surface area contributed by atoms with Gasteiger partial charge in [0, 0.05) is 19.8 Å². The zero-order valence-corrected chi connectivity index (χ0v) is 10.0. The summed E-state index contributed by atoms with van der Waals surface area (Å²) in [6, 6.07) is 0. The summed E-state index contributed by atoms with van der Waals surface area (Å²) in [6.45, 7) is 4.21. The van der Waals surface area contributed by atoms with Crippen LogP contribution in [0.3, 0.4) is 0 Å². The quantitative estimate of drug-likeness (QED) is 0.751. The maximum absolute atomic E-state index is 11.0. The van der Waals surface area contributed by atoms with Crippen molar-refractivity contribution in [2.45, 2.75) is 32.2 Å². The van der Waals surface area contributed by atoms with Crippen LogP contribution in [0.5, 0.6) is 0 Å². The maximum atomic E-state index is 11.0. The highest BCUT2D eigenvalue weighted by Gasteiger charge is 2.29. The highest BCUT2D eigenvalue weighted by atomic mass is 16.4. The number of nitrogens with one attached hydrogen (secondary N) is 1. The highest BCUT2D eigenvalue weighted by molar-refractivity contribution is 5.78. The molecule has 0 bridgehead atoms. The largest absolute Gasteiger partial charge is 0.480 e. The van der Waals surface area contributed by atoms with Crippen LogP contribution in [-0.4, -0.2) is 32.9 Å². The molecule has 16 heavy (non-hydrogen) atoms. The minimum atomic E-state index is -0.831. The number of aliphatic carboxylic acids is 1. The number of aryl methyl sites for hydroxylation is 1.